The van der Waals surface area contributed by atoms with Crippen molar-refractivity contribution in [1.82, 2.24) is 9.62 Å². The quantitative estimate of drug-likeness (QED) is 0.669. The molecule has 0 radical (unpaired) electrons. The highest BCUT2D eigenvalue weighted by molar-refractivity contribution is 7.89. The van der Waals surface area contributed by atoms with Gasteiger partial charge in [0.05, 0.1) is 4.90 Å². The maximum Gasteiger partial charge on any atom is 0.240 e. The first-order valence-electron chi connectivity index (χ1n) is 11.3. The zero-order chi connectivity index (χ0) is 22.7. The Labute approximate surface area is 190 Å². The predicted octanol–water partition coefficient (Wildman–Crippen LogP) is 3.14. The van der Waals surface area contributed by atoms with E-state index in [1.54, 1.807) is 12.1 Å². The van der Waals surface area contributed by atoms with Gasteiger partial charge in [-0.3, -0.25) is 9.69 Å². The van der Waals surface area contributed by atoms with Gasteiger partial charge in [-0.2, -0.15) is 0 Å². The highest BCUT2D eigenvalue weighted by Crippen LogP contribution is 2.32. The van der Waals surface area contributed by atoms with Crippen molar-refractivity contribution in [3.05, 3.63) is 53.6 Å². The van der Waals surface area contributed by atoms with Crippen LogP contribution in [0.25, 0.3) is 0 Å². The van der Waals surface area contributed by atoms with Crippen LogP contribution in [0.5, 0.6) is 0 Å². The van der Waals surface area contributed by atoms with Gasteiger partial charge in [0.25, 0.3) is 0 Å². The van der Waals surface area contributed by atoms with E-state index in [2.05, 4.69) is 45.1 Å². The lowest BCUT2D eigenvalue weighted by atomic mass is 9.99. The van der Waals surface area contributed by atoms with Gasteiger partial charge in [-0.1, -0.05) is 18.6 Å². The molecule has 172 valence electrons. The summed E-state index contributed by atoms with van der Waals surface area (Å²) in [5, 5.41) is 2.66. The number of rotatable bonds is 7. The molecule has 8 heteroatoms. The molecule has 0 aromatic heterocycles. The van der Waals surface area contributed by atoms with Crippen LogP contribution in [0.4, 0.5) is 11.4 Å². The smallest absolute Gasteiger partial charge is 0.240 e. The van der Waals surface area contributed by atoms with Crippen LogP contribution >= 0.6 is 0 Å². The van der Waals surface area contributed by atoms with Crippen molar-refractivity contribution < 1.29 is 13.2 Å². The van der Waals surface area contributed by atoms with Gasteiger partial charge in [0.2, 0.25) is 15.9 Å². The second kappa shape index (κ2) is 9.60. The van der Waals surface area contributed by atoms with E-state index < -0.39 is 10.0 Å². The molecule has 4 rings (SSSR count). The van der Waals surface area contributed by atoms with Crippen LogP contribution < -0.4 is 14.9 Å². The second-order valence-electron chi connectivity index (χ2n) is 8.73. The lowest BCUT2D eigenvalue weighted by Gasteiger charge is -2.35. The van der Waals surface area contributed by atoms with Crippen LogP contribution in [-0.4, -0.2) is 52.5 Å². The van der Waals surface area contributed by atoms with Crippen molar-refractivity contribution >= 4 is 27.3 Å². The summed E-state index contributed by atoms with van der Waals surface area (Å²) in [6.45, 7) is 4.73. The highest BCUT2D eigenvalue weighted by Gasteiger charge is 2.26. The molecule has 2 N–H and O–H groups in total. The number of hydrogen-bond acceptors (Lipinski definition) is 5. The molecule has 1 saturated heterocycles. The third kappa shape index (κ3) is 5.14. The van der Waals surface area contributed by atoms with Crippen LogP contribution in [0.15, 0.2) is 47.4 Å². The van der Waals surface area contributed by atoms with Crippen LogP contribution in [0, 0.1) is 0 Å². The Bertz CT molecular complexity index is 1060. The third-order valence-electron chi connectivity index (χ3n) is 6.40. The topological polar surface area (TPSA) is 81.7 Å². The summed E-state index contributed by atoms with van der Waals surface area (Å²) < 4.78 is 28.8. The molecule has 1 fully saturated rings. The number of benzene rings is 2. The number of likely N-dealkylation sites (N-methyl/N-ethyl adjacent to an activating group) is 1. The number of anilines is 2. The van der Waals surface area contributed by atoms with Gasteiger partial charge < -0.3 is 10.2 Å². The molecule has 2 heterocycles. The standard InChI is InChI=1S/C24H32N4O3S/c1-18(29)26-21-7-9-22(10-8-21)32(30,31)25-17-24(28-13-4-3-5-14-28)19-6-11-23-20(16-19)12-15-27(23)2/h6-11,16,24-25H,3-5,12-15,17H2,1-2H3,(H,26,29)/t24-/m0/s1. The Morgan fingerprint density at radius 3 is 2.44 bits per heavy atom. The van der Waals surface area contributed by atoms with Gasteiger partial charge in [-0.15, -0.1) is 0 Å². The number of hydrogen-bond donors (Lipinski definition) is 2. The SMILES string of the molecule is CC(=O)Nc1ccc(S(=O)(=O)NC[C@@H](c2ccc3c(c2)CCN3C)N2CCCCC2)cc1. The molecule has 2 aromatic carbocycles. The number of fused-ring (bicyclic) bond motifs is 1. The van der Waals surface area contributed by atoms with E-state index in [0.717, 1.165) is 38.9 Å². The molecule has 1 atom stereocenters. The number of carbonyl (C=O) groups is 1. The van der Waals surface area contributed by atoms with Crippen LogP contribution in [0.1, 0.15) is 43.4 Å². The van der Waals surface area contributed by atoms with Crippen molar-refractivity contribution in [2.24, 2.45) is 0 Å². The van der Waals surface area contributed by atoms with Gasteiger partial charge in [0, 0.05) is 44.5 Å². The zero-order valence-corrected chi connectivity index (χ0v) is 19.6. The van der Waals surface area contributed by atoms with Crippen LogP contribution in [-0.2, 0) is 21.2 Å². The van der Waals surface area contributed by atoms with E-state index in [4.69, 9.17) is 0 Å². The number of carbonyl (C=O) groups excluding carboxylic acids is 1. The Morgan fingerprint density at radius 2 is 1.75 bits per heavy atom. The van der Waals surface area contributed by atoms with Crippen molar-refractivity contribution in [3.63, 3.8) is 0 Å². The van der Waals surface area contributed by atoms with Crippen LogP contribution in [0.3, 0.4) is 0 Å². The van der Waals surface area contributed by atoms with Crippen molar-refractivity contribution in [2.75, 3.05) is 43.4 Å². The molecule has 32 heavy (non-hydrogen) atoms. The van der Waals surface area contributed by atoms with E-state index in [1.165, 1.54) is 42.3 Å². The molecule has 1 amide bonds. The first-order valence-corrected chi connectivity index (χ1v) is 12.8. The Kier molecular flexibility index (Phi) is 6.83. The average Bonchev–Trinajstić information content (AvgIpc) is 3.15. The fraction of sp³-hybridized carbons (Fsp3) is 0.458. The molecule has 0 unspecified atom stereocenters. The largest absolute Gasteiger partial charge is 0.374 e. The molecule has 2 aromatic rings. The summed E-state index contributed by atoms with van der Waals surface area (Å²) in [5.74, 6) is -0.191. The Morgan fingerprint density at radius 1 is 1.03 bits per heavy atom. The molecule has 0 bridgehead atoms. The lowest BCUT2D eigenvalue weighted by molar-refractivity contribution is -0.114. The molecule has 0 aliphatic carbocycles. The molecule has 2 aliphatic rings. The third-order valence-corrected chi connectivity index (χ3v) is 7.84. The minimum Gasteiger partial charge on any atom is -0.374 e. The van der Waals surface area contributed by atoms with E-state index in [9.17, 15) is 13.2 Å². The Hall–Kier alpha value is -2.42. The molecule has 2 aliphatic heterocycles. The normalized spacial score (nSPS) is 17.8. The number of amides is 1. The minimum atomic E-state index is -3.67. The number of likely N-dealkylation sites (tertiary alicyclic amines) is 1. The maximum absolute atomic E-state index is 13.0. The van der Waals surface area contributed by atoms with Gasteiger partial charge in [0.1, 0.15) is 0 Å². The van der Waals surface area contributed by atoms with Crippen molar-refractivity contribution in [3.8, 4) is 0 Å². The lowest BCUT2D eigenvalue weighted by Crippen LogP contribution is -2.40. The first kappa shape index (κ1) is 22.8. The molecule has 0 spiro atoms. The van der Waals surface area contributed by atoms with Crippen LogP contribution in [0.2, 0.25) is 0 Å². The number of piperidine rings is 1. The molecule has 7 nitrogen and oxygen atoms in total. The summed E-state index contributed by atoms with van der Waals surface area (Å²) in [5.41, 5.74) is 4.35. The molecular weight excluding hydrogens is 424 g/mol. The van der Waals surface area contributed by atoms with Crippen molar-refractivity contribution in [1.29, 1.82) is 0 Å². The zero-order valence-electron chi connectivity index (χ0n) is 18.8. The van der Waals surface area contributed by atoms with Gasteiger partial charge in [0.15, 0.2) is 0 Å². The van der Waals surface area contributed by atoms with E-state index in [-0.39, 0.29) is 16.8 Å². The average molecular weight is 457 g/mol. The highest BCUT2D eigenvalue weighted by atomic mass is 32.2. The van der Waals surface area contributed by atoms with Crippen molar-refractivity contribution in [2.45, 2.75) is 43.5 Å². The summed E-state index contributed by atoms with van der Waals surface area (Å²) in [4.78, 5) is 16.1. The number of sulfonamides is 1. The number of nitrogens with zero attached hydrogens (tertiary/aromatic N) is 2. The van der Waals surface area contributed by atoms with Gasteiger partial charge in [-0.05, 0) is 73.8 Å². The summed E-state index contributed by atoms with van der Waals surface area (Å²) in [6.07, 6.45) is 4.53. The number of nitrogens with one attached hydrogen (secondary N) is 2. The van der Waals surface area contributed by atoms with E-state index in [0.29, 0.717) is 12.2 Å². The minimum absolute atomic E-state index is 0.0000612. The van der Waals surface area contributed by atoms with Gasteiger partial charge >= 0.3 is 0 Å². The monoisotopic (exact) mass is 456 g/mol. The fourth-order valence-corrected chi connectivity index (χ4v) is 5.71. The molecule has 0 saturated carbocycles. The van der Waals surface area contributed by atoms with E-state index >= 15 is 0 Å². The Balaban J connectivity index is 1.53. The maximum atomic E-state index is 13.0. The fourth-order valence-electron chi connectivity index (χ4n) is 4.67. The second-order valence-corrected chi connectivity index (χ2v) is 10.5. The van der Waals surface area contributed by atoms with Gasteiger partial charge in [-0.25, -0.2) is 13.1 Å². The van der Waals surface area contributed by atoms with E-state index in [1.807, 2.05) is 0 Å². The predicted molar refractivity (Wildman–Crippen MR) is 128 cm³/mol. The first-order chi connectivity index (χ1) is 15.3. The summed E-state index contributed by atoms with van der Waals surface area (Å²) in [6, 6.07) is 12.8. The summed E-state index contributed by atoms with van der Waals surface area (Å²) >= 11 is 0. The summed E-state index contributed by atoms with van der Waals surface area (Å²) in [7, 11) is -1.56. The molecular formula is C24H32N4O3S.